The van der Waals surface area contributed by atoms with Crippen molar-refractivity contribution in [3.05, 3.63) is 22.8 Å². The summed E-state index contributed by atoms with van der Waals surface area (Å²) in [6.07, 6.45) is 1.13. The number of amides is 1. The fourth-order valence-electron chi connectivity index (χ4n) is 1.64. The normalized spacial score (nSPS) is 20.9. The van der Waals surface area contributed by atoms with Crippen LogP contribution < -0.4 is 4.90 Å². The summed E-state index contributed by atoms with van der Waals surface area (Å²) in [5, 5.41) is -1.30. The molecule has 0 bridgehead atoms. The van der Waals surface area contributed by atoms with Crippen LogP contribution in [0.4, 0.5) is 9.70 Å². The second kappa shape index (κ2) is 4.34. The van der Waals surface area contributed by atoms with Crippen molar-refractivity contribution < 1.29 is 17.1 Å². The Morgan fingerprint density at radius 1 is 1.53 bits per heavy atom. The summed E-state index contributed by atoms with van der Waals surface area (Å²) >= 11 is 3.20. The van der Waals surface area contributed by atoms with E-state index in [4.69, 9.17) is 0 Å². The SMILES string of the molecule is O=C1CC(S(=O)(=O)F)CN1c1ncccc1Br. The van der Waals surface area contributed by atoms with Gasteiger partial charge in [-0.2, -0.15) is 8.42 Å². The fourth-order valence-corrected chi connectivity index (χ4v) is 2.78. The van der Waals surface area contributed by atoms with E-state index in [0.29, 0.717) is 10.3 Å². The second-order valence-electron chi connectivity index (χ2n) is 3.61. The first-order chi connectivity index (χ1) is 7.89. The van der Waals surface area contributed by atoms with Gasteiger partial charge >= 0.3 is 10.2 Å². The third kappa shape index (κ3) is 2.47. The lowest BCUT2D eigenvalue weighted by molar-refractivity contribution is -0.117. The minimum absolute atomic E-state index is 0.201. The average Bonchev–Trinajstić information content (AvgIpc) is 2.61. The topological polar surface area (TPSA) is 67.3 Å². The van der Waals surface area contributed by atoms with Gasteiger partial charge in [0.1, 0.15) is 11.1 Å². The minimum Gasteiger partial charge on any atom is -0.294 e. The molecule has 1 fully saturated rings. The van der Waals surface area contributed by atoms with E-state index in [1.807, 2.05) is 0 Å². The van der Waals surface area contributed by atoms with Crippen molar-refractivity contribution in [2.75, 3.05) is 11.4 Å². The number of rotatable bonds is 2. The third-order valence-electron chi connectivity index (χ3n) is 2.48. The molecular formula is C9H8BrFN2O3S. The first-order valence-corrected chi connectivity index (χ1v) is 6.98. The fraction of sp³-hybridized carbons (Fsp3) is 0.333. The smallest absolute Gasteiger partial charge is 0.294 e. The molecule has 1 saturated heterocycles. The molecule has 1 aliphatic rings. The molecule has 1 aromatic rings. The van der Waals surface area contributed by atoms with Crippen LogP contribution in [-0.4, -0.2) is 31.1 Å². The maximum atomic E-state index is 12.8. The number of carbonyl (C=O) groups excluding carboxylic acids is 1. The van der Waals surface area contributed by atoms with Crippen molar-refractivity contribution in [1.82, 2.24) is 4.98 Å². The van der Waals surface area contributed by atoms with E-state index in [1.54, 1.807) is 12.1 Å². The summed E-state index contributed by atoms with van der Waals surface area (Å²) in [5.41, 5.74) is 0. The van der Waals surface area contributed by atoms with Crippen LogP contribution in [0.25, 0.3) is 0 Å². The van der Waals surface area contributed by atoms with E-state index in [2.05, 4.69) is 20.9 Å². The highest BCUT2D eigenvalue weighted by Crippen LogP contribution is 2.29. The molecule has 1 atom stereocenters. The molecule has 92 valence electrons. The minimum atomic E-state index is -4.69. The van der Waals surface area contributed by atoms with E-state index < -0.39 is 21.4 Å². The quantitative estimate of drug-likeness (QED) is 0.768. The molecule has 2 rings (SSSR count). The van der Waals surface area contributed by atoms with Crippen LogP contribution in [0.3, 0.4) is 0 Å². The lowest BCUT2D eigenvalue weighted by Crippen LogP contribution is -2.28. The Morgan fingerprint density at radius 2 is 2.24 bits per heavy atom. The van der Waals surface area contributed by atoms with Gasteiger partial charge in [-0.05, 0) is 28.1 Å². The molecule has 1 unspecified atom stereocenters. The van der Waals surface area contributed by atoms with Gasteiger partial charge in [0.25, 0.3) is 0 Å². The summed E-state index contributed by atoms with van der Waals surface area (Å²) in [4.78, 5) is 16.8. The standard InChI is InChI=1S/C9H8BrFN2O3S/c10-7-2-1-3-12-9(7)13-5-6(4-8(13)14)17(11,15)16/h1-3,6H,4-5H2. The maximum absolute atomic E-state index is 12.8. The van der Waals surface area contributed by atoms with Crippen molar-refractivity contribution in [2.24, 2.45) is 0 Å². The van der Waals surface area contributed by atoms with Gasteiger partial charge in [-0.15, -0.1) is 3.89 Å². The van der Waals surface area contributed by atoms with E-state index in [9.17, 15) is 17.1 Å². The van der Waals surface area contributed by atoms with Crippen molar-refractivity contribution >= 4 is 37.9 Å². The Kier molecular flexibility index (Phi) is 3.17. The van der Waals surface area contributed by atoms with Gasteiger partial charge in [0.15, 0.2) is 0 Å². The van der Waals surface area contributed by atoms with Crippen molar-refractivity contribution in [2.45, 2.75) is 11.7 Å². The number of nitrogens with zero attached hydrogens (tertiary/aromatic N) is 2. The lowest BCUT2D eigenvalue weighted by atomic mass is 10.4. The Hall–Kier alpha value is -1.02. The molecular weight excluding hydrogens is 315 g/mol. The number of pyridine rings is 1. The van der Waals surface area contributed by atoms with E-state index >= 15 is 0 Å². The van der Waals surface area contributed by atoms with Crippen molar-refractivity contribution in [1.29, 1.82) is 0 Å². The van der Waals surface area contributed by atoms with Crippen LogP contribution in [0.5, 0.6) is 0 Å². The first-order valence-electron chi connectivity index (χ1n) is 4.74. The molecule has 5 nitrogen and oxygen atoms in total. The predicted molar refractivity (Wildman–Crippen MR) is 62.7 cm³/mol. The summed E-state index contributed by atoms with van der Waals surface area (Å²) in [7, 11) is -4.69. The summed E-state index contributed by atoms with van der Waals surface area (Å²) in [6, 6.07) is 3.34. The highest BCUT2D eigenvalue weighted by atomic mass is 79.9. The average molecular weight is 323 g/mol. The largest absolute Gasteiger partial charge is 0.307 e. The number of hydrogen-bond donors (Lipinski definition) is 0. The molecule has 1 amide bonds. The number of halogens is 2. The molecule has 0 spiro atoms. The zero-order valence-electron chi connectivity index (χ0n) is 8.51. The molecule has 0 aliphatic carbocycles. The van der Waals surface area contributed by atoms with Crippen LogP contribution in [0, 0.1) is 0 Å². The number of anilines is 1. The molecule has 17 heavy (non-hydrogen) atoms. The van der Waals surface area contributed by atoms with Crippen LogP contribution in [-0.2, 0) is 15.0 Å². The summed E-state index contributed by atoms with van der Waals surface area (Å²) in [5.74, 6) is -0.140. The van der Waals surface area contributed by atoms with Crippen LogP contribution >= 0.6 is 15.9 Å². The van der Waals surface area contributed by atoms with Crippen LogP contribution in [0.15, 0.2) is 22.8 Å². The first kappa shape index (κ1) is 12.4. The molecule has 2 heterocycles. The number of carbonyl (C=O) groups is 1. The van der Waals surface area contributed by atoms with Gasteiger partial charge in [-0.1, -0.05) is 0 Å². The van der Waals surface area contributed by atoms with Gasteiger partial charge in [-0.3, -0.25) is 9.69 Å². The number of aromatic nitrogens is 1. The monoisotopic (exact) mass is 322 g/mol. The molecule has 1 aliphatic heterocycles. The number of hydrogen-bond acceptors (Lipinski definition) is 4. The predicted octanol–water partition coefficient (Wildman–Crippen LogP) is 1.25. The Bertz CT molecular complexity index is 563. The Morgan fingerprint density at radius 3 is 2.76 bits per heavy atom. The van der Waals surface area contributed by atoms with Crippen LogP contribution in [0.2, 0.25) is 0 Å². The summed E-state index contributed by atoms with van der Waals surface area (Å²) in [6.45, 7) is -0.201. The van der Waals surface area contributed by atoms with E-state index in [0.717, 1.165) is 0 Å². The molecule has 8 heteroatoms. The molecule has 0 saturated carbocycles. The molecule has 0 aromatic carbocycles. The highest BCUT2D eigenvalue weighted by molar-refractivity contribution is 9.10. The van der Waals surface area contributed by atoms with Crippen molar-refractivity contribution in [3.8, 4) is 0 Å². The zero-order valence-corrected chi connectivity index (χ0v) is 10.9. The van der Waals surface area contributed by atoms with E-state index in [1.165, 1.54) is 11.1 Å². The molecule has 0 radical (unpaired) electrons. The van der Waals surface area contributed by atoms with Gasteiger partial charge in [-0.25, -0.2) is 4.98 Å². The summed E-state index contributed by atoms with van der Waals surface area (Å²) < 4.78 is 34.9. The van der Waals surface area contributed by atoms with Gasteiger partial charge in [0, 0.05) is 19.2 Å². The second-order valence-corrected chi connectivity index (χ2v) is 6.09. The van der Waals surface area contributed by atoms with Gasteiger partial charge in [0.05, 0.1) is 4.47 Å². The third-order valence-corrected chi connectivity index (χ3v) is 4.21. The lowest BCUT2D eigenvalue weighted by Gasteiger charge is -2.15. The van der Waals surface area contributed by atoms with Gasteiger partial charge in [0.2, 0.25) is 5.91 Å². The molecule has 0 N–H and O–H groups in total. The zero-order chi connectivity index (χ0) is 12.6. The van der Waals surface area contributed by atoms with Crippen molar-refractivity contribution in [3.63, 3.8) is 0 Å². The highest BCUT2D eigenvalue weighted by Gasteiger charge is 2.40. The van der Waals surface area contributed by atoms with Gasteiger partial charge < -0.3 is 0 Å². The Labute approximate surface area is 106 Å². The Balaban J connectivity index is 2.31. The maximum Gasteiger partial charge on any atom is 0.307 e. The van der Waals surface area contributed by atoms with E-state index in [-0.39, 0.29) is 13.0 Å². The molecule has 1 aromatic heterocycles. The van der Waals surface area contributed by atoms with Crippen LogP contribution in [0.1, 0.15) is 6.42 Å².